The van der Waals surface area contributed by atoms with Crippen LogP contribution in [0.2, 0.25) is 0 Å². The summed E-state index contributed by atoms with van der Waals surface area (Å²) in [6, 6.07) is 0. The molecule has 3 nitrogen and oxygen atoms in total. The fraction of sp³-hybridized carbons (Fsp3) is 0.688. The second-order valence-electron chi connectivity index (χ2n) is 4.56. The lowest BCUT2D eigenvalue weighted by atomic mass is 10.2. The summed E-state index contributed by atoms with van der Waals surface area (Å²) in [5.74, 6) is -0.0835. The Morgan fingerprint density at radius 3 is 2.26 bits per heavy atom. The molecule has 0 amide bonds. The monoisotopic (exact) mass is 267 g/mol. The lowest BCUT2D eigenvalue weighted by Crippen LogP contribution is -2.04. The van der Waals surface area contributed by atoms with Crippen molar-refractivity contribution in [1.29, 1.82) is 0 Å². The molecule has 19 heavy (non-hydrogen) atoms. The van der Waals surface area contributed by atoms with E-state index in [1.807, 2.05) is 0 Å². The van der Waals surface area contributed by atoms with E-state index in [1.165, 1.54) is 0 Å². The molecule has 2 N–H and O–H groups in total. The number of carbonyl (C=O) groups excluding carboxylic acids is 1. The smallest absolute Gasteiger partial charge is 0.306 e. The average molecular weight is 267 g/mol. The first kappa shape index (κ1) is 17.9. The minimum Gasteiger partial charge on any atom is -0.466 e. The van der Waals surface area contributed by atoms with E-state index < -0.39 is 0 Å². The Kier molecular flexibility index (Phi) is 14.1. The molecule has 0 aliphatic heterocycles. The first-order chi connectivity index (χ1) is 9.31. The zero-order chi connectivity index (χ0) is 14.2. The fourth-order valence-electron chi connectivity index (χ4n) is 1.50. The van der Waals surface area contributed by atoms with Crippen LogP contribution in [-0.2, 0) is 9.53 Å². The van der Waals surface area contributed by atoms with E-state index in [9.17, 15) is 4.79 Å². The van der Waals surface area contributed by atoms with Crippen LogP contribution >= 0.6 is 0 Å². The van der Waals surface area contributed by atoms with Gasteiger partial charge in [-0.2, -0.15) is 0 Å². The number of carbonyl (C=O) groups is 1. The highest BCUT2D eigenvalue weighted by Crippen LogP contribution is 2.00. The van der Waals surface area contributed by atoms with Crippen LogP contribution in [0.1, 0.15) is 58.3 Å². The zero-order valence-corrected chi connectivity index (χ0v) is 12.3. The van der Waals surface area contributed by atoms with Crippen LogP contribution in [0.5, 0.6) is 0 Å². The van der Waals surface area contributed by atoms with Crippen LogP contribution < -0.4 is 5.73 Å². The van der Waals surface area contributed by atoms with Crippen molar-refractivity contribution >= 4 is 5.97 Å². The number of hydrogen-bond donors (Lipinski definition) is 1. The van der Waals surface area contributed by atoms with Crippen LogP contribution in [0.4, 0.5) is 0 Å². The quantitative estimate of drug-likeness (QED) is 0.333. The van der Waals surface area contributed by atoms with E-state index in [4.69, 9.17) is 10.5 Å². The molecule has 3 heteroatoms. The van der Waals surface area contributed by atoms with E-state index in [2.05, 4.69) is 31.2 Å². The van der Waals surface area contributed by atoms with Gasteiger partial charge in [0, 0.05) is 6.42 Å². The van der Waals surface area contributed by atoms with Gasteiger partial charge in [0.25, 0.3) is 0 Å². The number of nitrogens with two attached hydrogens (primary N) is 1. The van der Waals surface area contributed by atoms with Gasteiger partial charge in [0.05, 0.1) is 6.61 Å². The fourth-order valence-corrected chi connectivity index (χ4v) is 1.50. The number of esters is 1. The molecular weight excluding hydrogens is 238 g/mol. The Balaban J connectivity index is 3.33. The van der Waals surface area contributed by atoms with Crippen LogP contribution in [0, 0.1) is 0 Å². The summed E-state index contributed by atoms with van der Waals surface area (Å²) in [4.78, 5) is 11.3. The van der Waals surface area contributed by atoms with Crippen molar-refractivity contribution in [3.63, 3.8) is 0 Å². The molecule has 0 spiro atoms. The molecule has 0 unspecified atom stereocenters. The highest BCUT2D eigenvalue weighted by Gasteiger charge is 1.99. The Hall–Kier alpha value is -1.09. The zero-order valence-electron chi connectivity index (χ0n) is 12.3. The van der Waals surface area contributed by atoms with Crippen molar-refractivity contribution in [2.75, 3.05) is 13.2 Å². The standard InChI is InChI=1S/C16H29NO2/c1-2-3-15-19-16(18)13-11-9-7-5-4-6-8-10-12-14-17/h6-9H,2-5,10-15,17H2,1H3. The lowest BCUT2D eigenvalue weighted by Gasteiger charge is -2.01. The molecule has 0 aliphatic carbocycles. The van der Waals surface area contributed by atoms with Crippen molar-refractivity contribution < 1.29 is 9.53 Å². The van der Waals surface area contributed by atoms with Crippen molar-refractivity contribution in [1.82, 2.24) is 0 Å². The van der Waals surface area contributed by atoms with E-state index in [-0.39, 0.29) is 5.97 Å². The summed E-state index contributed by atoms with van der Waals surface area (Å²) >= 11 is 0. The van der Waals surface area contributed by atoms with Gasteiger partial charge >= 0.3 is 5.97 Å². The molecule has 0 aromatic rings. The van der Waals surface area contributed by atoms with Gasteiger partial charge in [-0.3, -0.25) is 4.79 Å². The van der Waals surface area contributed by atoms with Gasteiger partial charge < -0.3 is 10.5 Å². The topological polar surface area (TPSA) is 52.3 Å². The second kappa shape index (κ2) is 15.0. The van der Waals surface area contributed by atoms with Crippen LogP contribution in [0.25, 0.3) is 0 Å². The maximum absolute atomic E-state index is 11.3. The van der Waals surface area contributed by atoms with Gasteiger partial charge in [-0.25, -0.2) is 0 Å². The SMILES string of the molecule is CCCCOC(=O)CCC=CCCC=CCCCN. The molecule has 0 aliphatic rings. The van der Waals surface area contributed by atoms with E-state index >= 15 is 0 Å². The third-order valence-corrected chi connectivity index (χ3v) is 2.68. The van der Waals surface area contributed by atoms with Crippen molar-refractivity contribution in [2.45, 2.75) is 58.3 Å². The normalized spacial score (nSPS) is 11.5. The molecule has 110 valence electrons. The molecule has 0 saturated heterocycles. The van der Waals surface area contributed by atoms with Crippen molar-refractivity contribution in [3.05, 3.63) is 24.3 Å². The summed E-state index contributed by atoms with van der Waals surface area (Å²) in [5, 5.41) is 0. The molecule has 0 saturated carbocycles. The Morgan fingerprint density at radius 2 is 1.63 bits per heavy atom. The Morgan fingerprint density at radius 1 is 1.00 bits per heavy atom. The van der Waals surface area contributed by atoms with E-state index in [0.29, 0.717) is 13.0 Å². The molecule has 0 radical (unpaired) electrons. The average Bonchev–Trinajstić information content (AvgIpc) is 2.41. The molecule has 0 aromatic heterocycles. The Bertz CT molecular complexity index is 259. The molecule has 0 heterocycles. The predicted molar refractivity (Wildman–Crippen MR) is 80.9 cm³/mol. The van der Waals surface area contributed by atoms with Gasteiger partial charge in [0.2, 0.25) is 0 Å². The van der Waals surface area contributed by atoms with Gasteiger partial charge in [-0.15, -0.1) is 0 Å². The second-order valence-corrected chi connectivity index (χ2v) is 4.56. The summed E-state index contributed by atoms with van der Waals surface area (Å²) in [6.07, 6.45) is 16.1. The number of hydrogen-bond acceptors (Lipinski definition) is 3. The van der Waals surface area contributed by atoms with Gasteiger partial charge in [-0.05, 0) is 45.1 Å². The molecule has 0 atom stereocenters. The molecule has 0 aromatic carbocycles. The summed E-state index contributed by atoms with van der Waals surface area (Å²) in [5.41, 5.74) is 5.40. The summed E-state index contributed by atoms with van der Waals surface area (Å²) in [6.45, 7) is 3.41. The van der Waals surface area contributed by atoms with E-state index in [1.54, 1.807) is 0 Å². The lowest BCUT2D eigenvalue weighted by molar-refractivity contribution is -0.143. The summed E-state index contributed by atoms with van der Waals surface area (Å²) < 4.78 is 5.07. The minimum absolute atomic E-state index is 0.0835. The largest absolute Gasteiger partial charge is 0.466 e. The van der Waals surface area contributed by atoms with Crippen LogP contribution in [0.3, 0.4) is 0 Å². The van der Waals surface area contributed by atoms with Crippen LogP contribution in [-0.4, -0.2) is 19.1 Å². The highest BCUT2D eigenvalue weighted by atomic mass is 16.5. The van der Waals surface area contributed by atoms with Gasteiger partial charge in [0.1, 0.15) is 0 Å². The summed E-state index contributed by atoms with van der Waals surface area (Å²) in [7, 11) is 0. The third-order valence-electron chi connectivity index (χ3n) is 2.68. The van der Waals surface area contributed by atoms with Gasteiger partial charge in [0.15, 0.2) is 0 Å². The maximum atomic E-state index is 11.3. The molecule has 0 bridgehead atoms. The van der Waals surface area contributed by atoms with E-state index in [0.717, 1.165) is 51.5 Å². The molecule has 0 fully saturated rings. The first-order valence-corrected chi connectivity index (χ1v) is 7.47. The first-order valence-electron chi connectivity index (χ1n) is 7.47. The van der Waals surface area contributed by atoms with Crippen LogP contribution in [0.15, 0.2) is 24.3 Å². The number of unbranched alkanes of at least 4 members (excludes halogenated alkanes) is 3. The molecule has 0 rings (SSSR count). The number of allylic oxidation sites excluding steroid dienone is 4. The van der Waals surface area contributed by atoms with Gasteiger partial charge in [-0.1, -0.05) is 37.6 Å². The minimum atomic E-state index is -0.0835. The Labute approximate surface area is 117 Å². The number of ether oxygens (including phenoxy) is 1. The van der Waals surface area contributed by atoms with Crippen molar-refractivity contribution in [3.8, 4) is 0 Å². The maximum Gasteiger partial charge on any atom is 0.306 e. The van der Waals surface area contributed by atoms with Crippen molar-refractivity contribution in [2.24, 2.45) is 5.73 Å². The predicted octanol–water partition coefficient (Wildman–Crippen LogP) is 3.74. The highest BCUT2D eigenvalue weighted by molar-refractivity contribution is 5.69. The number of rotatable bonds is 12. The molecular formula is C16H29NO2. The third kappa shape index (κ3) is 14.9.